The quantitative estimate of drug-likeness (QED) is 0.842. The van der Waals surface area contributed by atoms with Crippen molar-refractivity contribution in [3.63, 3.8) is 0 Å². The molecular formula is C18H25FN6O. The lowest BCUT2D eigenvalue weighted by Gasteiger charge is -2.34. The summed E-state index contributed by atoms with van der Waals surface area (Å²) in [7, 11) is 1.96. The van der Waals surface area contributed by atoms with Gasteiger partial charge in [0.05, 0.1) is 0 Å². The van der Waals surface area contributed by atoms with Gasteiger partial charge in [-0.3, -0.25) is 4.79 Å². The number of likely N-dealkylation sites (tertiary alicyclic amines) is 1. The second kappa shape index (κ2) is 8.35. The first-order valence-corrected chi connectivity index (χ1v) is 9.00. The highest BCUT2D eigenvalue weighted by Crippen LogP contribution is 2.22. The van der Waals surface area contributed by atoms with E-state index in [0.717, 1.165) is 38.0 Å². The van der Waals surface area contributed by atoms with Gasteiger partial charge in [0.1, 0.15) is 17.7 Å². The van der Waals surface area contributed by atoms with Gasteiger partial charge in [0.15, 0.2) is 0 Å². The zero-order valence-corrected chi connectivity index (χ0v) is 15.2. The van der Waals surface area contributed by atoms with E-state index in [0.29, 0.717) is 18.2 Å². The molecule has 7 nitrogen and oxygen atoms in total. The smallest absolute Gasteiger partial charge is 0.247 e. The monoisotopic (exact) mass is 360 g/mol. The van der Waals surface area contributed by atoms with Gasteiger partial charge in [0.25, 0.3) is 0 Å². The van der Waals surface area contributed by atoms with Crippen molar-refractivity contribution >= 4 is 5.91 Å². The number of hydrogen-bond donors (Lipinski definition) is 1. The molecule has 0 spiro atoms. The number of piperidine rings is 1. The molecule has 8 heteroatoms. The lowest BCUT2D eigenvalue weighted by molar-refractivity contribution is -0.136. The van der Waals surface area contributed by atoms with Gasteiger partial charge in [-0.25, -0.2) is 9.07 Å². The SMILES string of the molecule is CNCC1CCN(C(=O)C(Cc2ccc(F)cc2)n2nnnc2C)CC1. The molecule has 0 bridgehead atoms. The van der Waals surface area contributed by atoms with Crippen molar-refractivity contribution in [2.45, 2.75) is 32.2 Å². The first-order valence-electron chi connectivity index (χ1n) is 9.00. The van der Waals surface area contributed by atoms with Gasteiger partial charge in [0, 0.05) is 19.5 Å². The zero-order valence-electron chi connectivity index (χ0n) is 15.2. The minimum atomic E-state index is -0.517. The maximum absolute atomic E-state index is 13.2. The molecule has 3 rings (SSSR count). The summed E-state index contributed by atoms with van der Waals surface area (Å²) in [5, 5.41) is 14.8. The van der Waals surface area contributed by atoms with Crippen molar-refractivity contribution in [3.8, 4) is 0 Å². The first-order chi connectivity index (χ1) is 12.6. The summed E-state index contributed by atoms with van der Waals surface area (Å²) in [5.41, 5.74) is 0.879. The van der Waals surface area contributed by atoms with Crippen LogP contribution in [0.5, 0.6) is 0 Å². The second-order valence-corrected chi connectivity index (χ2v) is 6.84. The number of hydrogen-bond acceptors (Lipinski definition) is 5. The minimum Gasteiger partial charge on any atom is -0.341 e. The molecular weight excluding hydrogens is 335 g/mol. The van der Waals surface area contributed by atoms with E-state index < -0.39 is 6.04 Å². The number of aromatic nitrogens is 4. The highest BCUT2D eigenvalue weighted by Gasteiger charge is 2.31. The topological polar surface area (TPSA) is 75.9 Å². The maximum Gasteiger partial charge on any atom is 0.247 e. The van der Waals surface area contributed by atoms with Gasteiger partial charge < -0.3 is 10.2 Å². The normalized spacial score (nSPS) is 16.7. The summed E-state index contributed by atoms with van der Waals surface area (Å²) in [6, 6.07) is 5.71. The lowest BCUT2D eigenvalue weighted by Crippen LogP contribution is -2.44. The van der Waals surface area contributed by atoms with E-state index in [-0.39, 0.29) is 11.7 Å². The number of rotatable bonds is 6. The Morgan fingerprint density at radius 1 is 1.31 bits per heavy atom. The number of carbonyl (C=O) groups excluding carboxylic acids is 1. The van der Waals surface area contributed by atoms with Crippen molar-refractivity contribution in [1.82, 2.24) is 30.4 Å². The minimum absolute atomic E-state index is 0.0210. The third kappa shape index (κ3) is 4.24. The van der Waals surface area contributed by atoms with E-state index in [1.165, 1.54) is 12.1 Å². The molecule has 1 unspecified atom stereocenters. The Labute approximate surface area is 152 Å². The molecule has 140 valence electrons. The summed E-state index contributed by atoms with van der Waals surface area (Å²) in [6.07, 6.45) is 2.41. The average Bonchev–Trinajstić information content (AvgIpc) is 3.07. The molecule has 0 aliphatic carbocycles. The van der Waals surface area contributed by atoms with Crippen molar-refractivity contribution in [3.05, 3.63) is 41.5 Å². The average molecular weight is 360 g/mol. The Balaban J connectivity index is 1.76. The third-order valence-electron chi connectivity index (χ3n) is 5.00. The van der Waals surface area contributed by atoms with Gasteiger partial charge in [0.2, 0.25) is 5.91 Å². The molecule has 1 aromatic carbocycles. The maximum atomic E-state index is 13.2. The Kier molecular flexibility index (Phi) is 5.92. The van der Waals surface area contributed by atoms with Crippen LogP contribution in [0.3, 0.4) is 0 Å². The van der Waals surface area contributed by atoms with Gasteiger partial charge in [-0.2, -0.15) is 0 Å². The van der Waals surface area contributed by atoms with Gasteiger partial charge in [-0.15, -0.1) is 5.10 Å². The summed E-state index contributed by atoms with van der Waals surface area (Å²) in [4.78, 5) is 15.1. The highest BCUT2D eigenvalue weighted by atomic mass is 19.1. The highest BCUT2D eigenvalue weighted by molar-refractivity contribution is 5.80. The molecule has 0 saturated carbocycles. The predicted molar refractivity (Wildman–Crippen MR) is 94.9 cm³/mol. The van der Waals surface area contributed by atoms with Crippen LogP contribution in [0.2, 0.25) is 0 Å². The number of nitrogens with zero attached hydrogens (tertiary/aromatic N) is 5. The molecule has 1 aromatic heterocycles. The number of carbonyl (C=O) groups is 1. The summed E-state index contributed by atoms with van der Waals surface area (Å²) in [6.45, 7) is 4.25. The van der Waals surface area contributed by atoms with Crippen LogP contribution >= 0.6 is 0 Å². The summed E-state index contributed by atoms with van der Waals surface area (Å²) >= 11 is 0. The summed E-state index contributed by atoms with van der Waals surface area (Å²) in [5.74, 6) is 0.930. The fourth-order valence-corrected chi connectivity index (χ4v) is 3.51. The molecule has 1 aliphatic heterocycles. The lowest BCUT2D eigenvalue weighted by atomic mass is 9.95. The van der Waals surface area contributed by atoms with Crippen LogP contribution in [0.25, 0.3) is 0 Å². The van der Waals surface area contributed by atoms with Crippen molar-refractivity contribution in [2.75, 3.05) is 26.7 Å². The van der Waals surface area contributed by atoms with Gasteiger partial charge >= 0.3 is 0 Å². The Morgan fingerprint density at radius 2 is 2.00 bits per heavy atom. The van der Waals surface area contributed by atoms with Crippen LogP contribution in [0.4, 0.5) is 4.39 Å². The second-order valence-electron chi connectivity index (χ2n) is 6.84. The molecule has 1 saturated heterocycles. The number of amides is 1. The molecule has 2 heterocycles. The van der Waals surface area contributed by atoms with E-state index in [1.54, 1.807) is 23.7 Å². The molecule has 0 radical (unpaired) electrons. The van der Waals surface area contributed by atoms with E-state index in [2.05, 4.69) is 20.8 Å². The molecule has 1 atom stereocenters. The van der Waals surface area contributed by atoms with Crippen molar-refractivity contribution in [1.29, 1.82) is 0 Å². The molecule has 26 heavy (non-hydrogen) atoms. The van der Waals surface area contributed by atoms with Crippen LogP contribution in [0.15, 0.2) is 24.3 Å². The summed E-state index contributed by atoms with van der Waals surface area (Å²) < 4.78 is 14.8. The molecule has 1 N–H and O–H groups in total. The van der Waals surface area contributed by atoms with Crippen LogP contribution in [-0.4, -0.2) is 57.7 Å². The standard InChI is InChI=1S/C18H25FN6O/c1-13-21-22-23-25(13)17(11-14-3-5-16(19)6-4-14)18(26)24-9-7-15(8-10-24)12-20-2/h3-6,15,17,20H,7-12H2,1-2H3. The van der Waals surface area contributed by atoms with Crippen molar-refractivity contribution < 1.29 is 9.18 Å². The number of aryl methyl sites for hydroxylation is 1. The Bertz CT molecular complexity index is 724. The number of benzene rings is 1. The predicted octanol–water partition coefficient (Wildman–Crippen LogP) is 1.36. The molecule has 2 aromatic rings. The van der Waals surface area contributed by atoms with Crippen LogP contribution in [0.1, 0.15) is 30.3 Å². The Hall–Kier alpha value is -2.35. The molecule has 1 aliphatic rings. The number of nitrogens with one attached hydrogen (secondary N) is 1. The van der Waals surface area contributed by atoms with Crippen LogP contribution in [-0.2, 0) is 11.2 Å². The Morgan fingerprint density at radius 3 is 2.58 bits per heavy atom. The largest absolute Gasteiger partial charge is 0.341 e. The van der Waals surface area contributed by atoms with Gasteiger partial charge in [-0.05, 0) is 67.4 Å². The van der Waals surface area contributed by atoms with Crippen LogP contribution < -0.4 is 5.32 Å². The van der Waals surface area contributed by atoms with E-state index in [4.69, 9.17) is 0 Å². The number of halogens is 1. The van der Waals surface area contributed by atoms with E-state index in [9.17, 15) is 9.18 Å². The fourth-order valence-electron chi connectivity index (χ4n) is 3.51. The fraction of sp³-hybridized carbons (Fsp3) is 0.556. The first kappa shape index (κ1) is 18.4. The zero-order chi connectivity index (χ0) is 18.5. The van der Waals surface area contributed by atoms with Gasteiger partial charge in [-0.1, -0.05) is 12.1 Å². The number of tetrazole rings is 1. The third-order valence-corrected chi connectivity index (χ3v) is 5.00. The van der Waals surface area contributed by atoms with E-state index >= 15 is 0 Å². The molecule has 1 amide bonds. The van der Waals surface area contributed by atoms with E-state index in [1.807, 2.05) is 11.9 Å². The van der Waals surface area contributed by atoms with Crippen LogP contribution in [0, 0.1) is 18.7 Å². The molecule has 1 fully saturated rings. The van der Waals surface area contributed by atoms with Crippen molar-refractivity contribution in [2.24, 2.45) is 5.92 Å².